The molecule has 0 radical (unpaired) electrons. The molecule has 8 nitrogen and oxygen atoms in total. The number of amides is 1. The SMILES string of the molecule is O=C(CSc1nc(Nc2ccccc2)nc(N2CCOCC2)n1)Nc1cccc(F)c1. The number of halogens is 1. The average Bonchev–Trinajstić information content (AvgIpc) is 2.79. The molecule has 3 aromatic rings. The highest BCUT2D eigenvalue weighted by Crippen LogP contribution is 2.22. The summed E-state index contributed by atoms with van der Waals surface area (Å²) in [6.07, 6.45) is 0. The molecule has 0 atom stereocenters. The predicted octanol–water partition coefficient (Wildman–Crippen LogP) is 3.32. The van der Waals surface area contributed by atoms with Crippen molar-refractivity contribution in [1.29, 1.82) is 0 Å². The zero-order valence-electron chi connectivity index (χ0n) is 16.6. The van der Waals surface area contributed by atoms with Gasteiger partial charge in [0.25, 0.3) is 0 Å². The van der Waals surface area contributed by atoms with E-state index in [1.54, 1.807) is 12.1 Å². The van der Waals surface area contributed by atoms with Crippen molar-refractivity contribution in [2.75, 3.05) is 47.6 Å². The van der Waals surface area contributed by atoms with E-state index >= 15 is 0 Å². The Morgan fingerprint density at radius 3 is 2.58 bits per heavy atom. The van der Waals surface area contributed by atoms with Crippen molar-refractivity contribution >= 4 is 40.9 Å². The number of aromatic nitrogens is 3. The van der Waals surface area contributed by atoms with Gasteiger partial charge in [0.15, 0.2) is 5.16 Å². The van der Waals surface area contributed by atoms with E-state index in [-0.39, 0.29) is 11.7 Å². The van der Waals surface area contributed by atoms with Crippen LogP contribution in [0, 0.1) is 5.82 Å². The minimum Gasteiger partial charge on any atom is -0.378 e. The minimum atomic E-state index is -0.408. The molecule has 1 saturated heterocycles. The Morgan fingerprint density at radius 1 is 1.03 bits per heavy atom. The topological polar surface area (TPSA) is 92.3 Å². The van der Waals surface area contributed by atoms with E-state index in [2.05, 4.69) is 25.6 Å². The lowest BCUT2D eigenvalue weighted by atomic mass is 10.3. The largest absolute Gasteiger partial charge is 0.378 e. The van der Waals surface area contributed by atoms with Crippen molar-refractivity contribution in [3.05, 3.63) is 60.4 Å². The molecule has 0 saturated carbocycles. The van der Waals surface area contributed by atoms with Crippen LogP contribution in [0.1, 0.15) is 0 Å². The highest BCUT2D eigenvalue weighted by molar-refractivity contribution is 7.99. The number of carbonyl (C=O) groups is 1. The number of nitrogens with zero attached hydrogens (tertiary/aromatic N) is 4. The predicted molar refractivity (Wildman–Crippen MR) is 118 cm³/mol. The number of ether oxygens (including phenoxy) is 1. The number of morpholine rings is 1. The third kappa shape index (κ3) is 6.12. The first kappa shape index (κ1) is 21.0. The van der Waals surface area contributed by atoms with Gasteiger partial charge in [-0.05, 0) is 30.3 Å². The van der Waals surface area contributed by atoms with Gasteiger partial charge in [0.1, 0.15) is 5.82 Å². The molecule has 1 aliphatic heterocycles. The lowest BCUT2D eigenvalue weighted by molar-refractivity contribution is -0.113. The fraction of sp³-hybridized carbons (Fsp3) is 0.238. The summed E-state index contributed by atoms with van der Waals surface area (Å²) in [7, 11) is 0. The van der Waals surface area contributed by atoms with Gasteiger partial charge in [-0.25, -0.2) is 4.39 Å². The number of hydrogen-bond acceptors (Lipinski definition) is 8. The molecule has 0 spiro atoms. The minimum absolute atomic E-state index is 0.0772. The number of hydrogen-bond donors (Lipinski definition) is 2. The number of carbonyl (C=O) groups excluding carboxylic acids is 1. The van der Waals surface area contributed by atoms with Gasteiger partial charge in [0, 0.05) is 24.5 Å². The maximum atomic E-state index is 13.3. The number of nitrogens with one attached hydrogen (secondary N) is 2. The molecule has 31 heavy (non-hydrogen) atoms. The van der Waals surface area contributed by atoms with Crippen LogP contribution in [0.3, 0.4) is 0 Å². The molecular weight excluding hydrogens is 419 g/mol. The van der Waals surface area contributed by atoms with Gasteiger partial charge in [0.2, 0.25) is 17.8 Å². The summed E-state index contributed by atoms with van der Waals surface area (Å²) in [5.74, 6) is 0.324. The Morgan fingerprint density at radius 2 is 1.81 bits per heavy atom. The normalized spacial score (nSPS) is 13.6. The standard InChI is InChI=1S/C21H21FN6O2S/c22-15-5-4-8-17(13-15)23-18(29)14-31-21-26-19(24-16-6-2-1-3-7-16)25-20(27-21)28-9-11-30-12-10-28/h1-8,13H,9-12,14H2,(H,23,29)(H,24,25,26,27). The first-order valence-electron chi connectivity index (χ1n) is 9.75. The highest BCUT2D eigenvalue weighted by atomic mass is 32.2. The van der Waals surface area contributed by atoms with E-state index in [1.807, 2.05) is 35.2 Å². The van der Waals surface area contributed by atoms with Crippen LogP contribution in [0.5, 0.6) is 0 Å². The maximum Gasteiger partial charge on any atom is 0.234 e. The molecule has 4 rings (SSSR count). The number of para-hydroxylation sites is 1. The molecule has 2 N–H and O–H groups in total. The first-order valence-corrected chi connectivity index (χ1v) is 10.7. The summed E-state index contributed by atoms with van der Waals surface area (Å²) in [6, 6.07) is 15.4. The molecule has 1 amide bonds. The van der Waals surface area contributed by atoms with Gasteiger partial charge in [-0.3, -0.25) is 4.79 Å². The van der Waals surface area contributed by atoms with Gasteiger partial charge < -0.3 is 20.3 Å². The lowest BCUT2D eigenvalue weighted by Crippen LogP contribution is -2.37. The molecule has 2 aromatic carbocycles. The van der Waals surface area contributed by atoms with Crippen molar-refractivity contribution < 1.29 is 13.9 Å². The summed E-state index contributed by atoms with van der Waals surface area (Å²) in [5.41, 5.74) is 1.25. The van der Waals surface area contributed by atoms with Crippen LogP contribution >= 0.6 is 11.8 Å². The maximum absolute atomic E-state index is 13.3. The van der Waals surface area contributed by atoms with Gasteiger partial charge in [-0.1, -0.05) is 36.0 Å². The van der Waals surface area contributed by atoms with Gasteiger partial charge in [-0.2, -0.15) is 15.0 Å². The van der Waals surface area contributed by atoms with Crippen LogP contribution in [0.25, 0.3) is 0 Å². The van der Waals surface area contributed by atoms with E-state index in [0.29, 0.717) is 49.0 Å². The number of benzene rings is 2. The van der Waals surface area contributed by atoms with Crippen LogP contribution in [0.4, 0.5) is 27.7 Å². The fourth-order valence-electron chi connectivity index (χ4n) is 2.92. The Hall–Kier alpha value is -3.24. The van der Waals surface area contributed by atoms with E-state index in [0.717, 1.165) is 5.69 Å². The smallest absolute Gasteiger partial charge is 0.234 e. The molecular formula is C21H21FN6O2S. The Bertz CT molecular complexity index is 1030. The first-order chi connectivity index (χ1) is 15.2. The van der Waals surface area contributed by atoms with Crippen LogP contribution in [-0.4, -0.2) is 52.9 Å². The monoisotopic (exact) mass is 440 g/mol. The molecule has 160 valence electrons. The van der Waals surface area contributed by atoms with Crippen LogP contribution in [0.15, 0.2) is 59.8 Å². The molecule has 2 heterocycles. The molecule has 10 heteroatoms. The second-order valence-corrected chi connectivity index (χ2v) is 7.62. The van der Waals surface area contributed by atoms with Crippen molar-refractivity contribution in [2.24, 2.45) is 0 Å². The summed E-state index contributed by atoms with van der Waals surface area (Å²) in [5, 5.41) is 6.27. The van der Waals surface area contributed by atoms with Crippen molar-refractivity contribution in [3.63, 3.8) is 0 Å². The fourth-order valence-corrected chi connectivity index (χ4v) is 3.54. The van der Waals surface area contributed by atoms with Crippen LogP contribution in [0.2, 0.25) is 0 Å². The zero-order chi connectivity index (χ0) is 21.5. The van der Waals surface area contributed by atoms with Gasteiger partial charge >= 0.3 is 0 Å². The number of rotatable bonds is 7. The average molecular weight is 441 g/mol. The van der Waals surface area contributed by atoms with Gasteiger partial charge in [0.05, 0.1) is 19.0 Å². The third-order valence-corrected chi connectivity index (χ3v) is 5.21. The summed E-state index contributed by atoms with van der Waals surface area (Å²) in [4.78, 5) is 27.8. The van der Waals surface area contributed by atoms with E-state index in [9.17, 15) is 9.18 Å². The van der Waals surface area contributed by atoms with Gasteiger partial charge in [-0.15, -0.1) is 0 Å². The molecule has 0 bridgehead atoms. The third-order valence-electron chi connectivity index (χ3n) is 4.37. The zero-order valence-corrected chi connectivity index (χ0v) is 17.4. The van der Waals surface area contributed by atoms with Crippen molar-refractivity contribution in [1.82, 2.24) is 15.0 Å². The second-order valence-electron chi connectivity index (χ2n) is 6.68. The molecule has 1 aromatic heterocycles. The molecule has 1 fully saturated rings. The summed E-state index contributed by atoms with van der Waals surface area (Å²) < 4.78 is 18.7. The van der Waals surface area contributed by atoms with Crippen molar-refractivity contribution in [2.45, 2.75) is 5.16 Å². The molecule has 0 aliphatic carbocycles. The Balaban J connectivity index is 1.48. The quantitative estimate of drug-likeness (QED) is 0.541. The molecule has 0 unspecified atom stereocenters. The number of thioether (sulfide) groups is 1. The molecule has 1 aliphatic rings. The van der Waals surface area contributed by atoms with E-state index < -0.39 is 5.82 Å². The van der Waals surface area contributed by atoms with Crippen LogP contribution < -0.4 is 15.5 Å². The Kier molecular flexibility index (Phi) is 6.90. The lowest BCUT2D eigenvalue weighted by Gasteiger charge is -2.27. The summed E-state index contributed by atoms with van der Waals surface area (Å²) in [6.45, 7) is 2.56. The van der Waals surface area contributed by atoms with E-state index in [4.69, 9.17) is 4.74 Å². The second kappa shape index (κ2) is 10.2. The van der Waals surface area contributed by atoms with E-state index in [1.165, 1.54) is 23.9 Å². The number of anilines is 4. The Labute approximate surface area is 183 Å². The van der Waals surface area contributed by atoms with Crippen LogP contribution in [-0.2, 0) is 9.53 Å². The van der Waals surface area contributed by atoms with Crippen molar-refractivity contribution in [3.8, 4) is 0 Å². The summed E-state index contributed by atoms with van der Waals surface area (Å²) >= 11 is 1.19. The highest BCUT2D eigenvalue weighted by Gasteiger charge is 2.17.